The molecule has 2 aliphatic rings. The Bertz CT molecular complexity index is 1330. The van der Waals surface area contributed by atoms with Crippen LogP contribution in [-0.4, -0.2) is 44.4 Å². The molecular formula is C24H22F3N7O2. The van der Waals surface area contributed by atoms with Crippen molar-refractivity contribution in [1.82, 2.24) is 19.5 Å². The number of rotatable bonds is 6. The largest absolute Gasteiger partial charge is 0.421 e. The van der Waals surface area contributed by atoms with Crippen molar-refractivity contribution in [2.75, 3.05) is 17.2 Å². The molecule has 2 fully saturated rings. The van der Waals surface area contributed by atoms with Crippen LogP contribution < -0.4 is 16.2 Å². The van der Waals surface area contributed by atoms with Crippen molar-refractivity contribution < 1.29 is 17.9 Å². The van der Waals surface area contributed by atoms with Gasteiger partial charge in [0.25, 0.3) is 5.56 Å². The average molecular weight is 497 g/mol. The van der Waals surface area contributed by atoms with Gasteiger partial charge in [-0.05, 0) is 43.5 Å². The SMILES string of the molecule is N#Cc1cccn(-c2ccc(N[C@H]3CC[C@H](Nc4ncc(C5(C(F)(F)F)CCO5)cn4)C3)nc2)c1=O. The predicted molar refractivity (Wildman–Crippen MR) is 124 cm³/mol. The van der Waals surface area contributed by atoms with Crippen molar-refractivity contribution in [2.45, 2.75) is 49.5 Å². The van der Waals surface area contributed by atoms with E-state index in [0.717, 1.165) is 19.3 Å². The zero-order valence-electron chi connectivity index (χ0n) is 19.0. The number of pyridine rings is 2. The third-order valence-corrected chi connectivity index (χ3v) is 6.59. The maximum absolute atomic E-state index is 13.4. The Morgan fingerprint density at radius 3 is 2.39 bits per heavy atom. The molecule has 0 spiro atoms. The van der Waals surface area contributed by atoms with E-state index < -0.39 is 17.3 Å². The van der Waals surface area contributed by atoms with Gasteiger partial charge < -0.3 is 15.4 Å². The summed E-state index contributed by atoms with van der Waals surface area (Å²) >= 11 is 0. The second-order valence-corrected chi connectivity index (χ2v) is 8.82. The first-order valence-corrected chi connectivity index (χ1v) is 11.4. The Balaban J connectivity index is 1.18. The number of hydrogen-bond donors (Lipinski definition) is 2. The second-order valence-electron chi connectivity index (χ2n) is 8.82. The lowest BCUT2D eigenvalue weighted by Crippen LogP contribution is -2.52. The highest BCUT2D eigenvalue weighted by Gasteiger charge is 2.61. The van der Waals surface area contributed by atoms with Crippen LogP contribution in [0.3, 0.4) is 0 Å². The summed E-state index contributed by atoms with van der Waals surface area (Å²) in [6, 6.07) is 8.66. The van der Waals surface area contributed by atoms with Crippen molar-refractivity contribution in [1.29, 1.82) is 5.26 Å². The van der Waals surface area contributed by atoms with E-state index in [2.05, 4.69) is 25.6 Å². The quantitative estimate of drug-likeness (QED) is 0.531. The maximum atomic E-state index is 13.4. The van der Waals surface area contributed by atoms with Crippen molar-refractivity contribution in [3.63, 3.8) is 0 Å². The van der Waals surface area contributed by atoms with Gasteiger partial charge in [0, 0.05) is 42.7 Å². The molecule has 9 nitrogen and oxygen atoms in total. The topological polar surface area (TPSA) is 118 Å². The fourth-order valence-electron chi connectivity index (χ4n) is 4.56. The number of hydrogen-bond acceptors (Lipinski definition) is 8. The molecule has 3 aromatic heterocycles. The predicted octanol–water partition coefficient (Wildman–Crippen LogP) is 3.52. The van der Waals surface area contributed by atoms with Crippen molar-refractivity contribution >= 4 is 11.8 Å². The standard InChI is InChI=1S/C24H22F3N7O2/c25-24(26,27)23(7-9-36-23)16-12-30-22(31-13-16)33-18-4-3-17(10-18)32-20-6-5-19(14-29-20)34-8-1-2-15(11-28)21(34)35/h1-2,5-6,8,12-14,17-18H,3-4,7,9-10H2,(H,29,32)(H,30,31,33)/t17-,18-,23?/m0/s1. The molecule has 0 bridgehead atoms. The van der Waals surface area contributed by atoms with E-state index in [-0.39, 0.29) is 42.2 Å². The molecule has 1 unspecified atom stereocenters. The number of nitriles is 1. The number of aromatic nitrogens is 4. The second kappa shape index (κ2) is 9.23. The highest BCUT2D eigenvalue weighted by Crippen LogP contribution is 2.49. The highest BCUT2D eigenvalue weighted by molar-refractivity contribution is 5.43. The molecule has 0 amide bonds. The molecule has 3 atom stereocenters. The molecule has 1 aliphatic heterocycles. The Morgan fingerprint density at radius 1 is 1.08 bits per heavy atom. The van der Waals surface area contributed by atoms with Gasteiger partial charge in [-0.1, -0.05) is 0 Å². The van der Waals surface area contributed by atoms with Gasteiger partial charge in [0.1, 0.15) is 17.5 Å². The van der Waals surface area contributed by atoms with Gasteiger partial charge in [0.2, 0.25) is 5.95 Å². The number of ether oxygens (including phenoxy) is 1. The fourth-order valence-corrected chi connectivity index (χ4v) is 4.56. The van der Waals surface area contributed by atoms with Crippen LogP contribution in [0.2, 0.25) is 0 Å². The van der Waals surface area contributed by atoms with Crippen LogP contribution in [0.4, 0.5) is 24.9 Å². The van der Waals surface area contributed by atoms with Gasteiger partial charge in [-0.25, -0.2) is 15.0 Å². The molecule has 0 radical (unpaired) electrons. The summed E-state index contributed by atoms with van der Waals surface area (Å²) in [7, 11) is 0. The Hall–Kier alpha value is -3.98. The van der Waals surface area contributed by atoms with E-state index in [9.17, 15) is 18.0 Å². The molecule has 12 heteroatoms. The Labute approximate surface area is 204 Å². The first-order chi connectivity index (χ1) is 17.3. The van der Waals surface area contributed by atoms with Gasteiger partial charge in [0.05, 0.1) is 18.5 Å². The van der Waals surface area contributed by atoms with E-state index >= 15 is 0 Å². The number of nitrogens with zero attached hydrogens (tertiary/aromatic N) is 5. The minimum absolute atomic E-state index is 0.0523. The van der Waals surface area contributed by atoms with E-state index in [1.807, 2.05) is 6.07 Å². The Morgan fingerprint density at radius 2 is 1.81 bits per heavy atom. The Kier molecular flexibility index (Phi) is 6.09. The van der Waals surface area contributed by atoms with E-state index in [0.29, 0.717) is 11.5 Å². The van der Waals surface area contributed by atoms with Gasteiger partial charge in [-0.3, -0.25) is 9.36 Å². The lowest BCUT2D eigenvalue weighted by Gasteiger charge is -2.42. The summed E-state index contributed by atoms with van der Waals surface area (Å²) in [5, 5.41) is 15.6. The third kappa shape index (κ3) is 4.37. The molecule has 3 aromatic rings. The molecule has 36 heavy (non-hydrogen) atoms. The van der Waals surface area contributed by atoms with Crippen LogP contribution in [0.5, 0.6) is 0 Å². The van der Waals surface area contributed by atoms with Gasteiger partial charge in [-0.2, -0.15) is 18.4 Å². The van der Waals surface area contributed by atoms with Gasteiger partial charge in [0.15, 0.2) is 5.60 Å². The van der Waals surface area contributed by atoms with Crippen molar-refractivity contribution in [2.24, 2.45) is 0 Å². The van der Waals surface area contributed by atoms with Crippen LogP contribution in [0, 0.1) is 11.3 Å². The maximum Gasteiger partial charge on any atom is 0.421 e. The van der Waals surface area contributed by atoms with Crippen LogP contribution in [-0.2, 0) is 10.3 Å². The first kappa shape index (κ1) is 23.7. The van der Waals surface area contributed by atoms with Crippen molar-refractivity contribution in [3.05, 3.63) is 70.5 Å². The van der Waals surface area contributed by atoms with E-state index in [4.69, 9.17) is 10.00 Å². The fraction of sp³-hybridized carbons (Fsp3) is 0.375. The summed E-state index contributed by atoms with van der Waals surface area (Å²) in [6.45, 7) is 0.0560. The van der Waals surface area contributed by atoms with Gasteiger partial charge in [-0.15, -0.1) is 0 Å². The zero-order chi connectivity index (χ0) is 25.3. The number of anilines is 2. The zero-order valence-corrected chi connectivity index (χ0v) is 19.0. The average Bonchev–Trinajstić information content (AvgIpc) is 3.26. The smallest absolute Gasteiger partial charge is 0.367 e. The molecule has 0 aromatic carbocycles. The van der Waals surface area contributed by atoms with E-state index in [1.54, 1.807) is 30.6 Å². The van der Waals surface area contributed by atoms with Crippen LogP contribution in [0.25, 0.3) is 5.69 Å². The molecular weight excluding hydrogens is 475 g/mol. The molecule has 1 saturated carbocycles. The molecule has 1 aliphatic carbocycles. The van der Waals surface area contributed by atoms with Gasteiger partial charge >= 0.3 is 6.18 Å². The normalized spacial score (nSPS) is 23.5. The summed E-state index contributed by atoms with van der Waals surface area (Å²) in [5.41, 5.74) is -2.19. The molecule has 4 heterocycles. The number of nitrogens with one attached hydrogen (secondary N) is 2. The summed E-state index contributed by atoms with van der Waals surface area (Å²) in [6.07, 6.45) is 3.26. The van der Waals surface area contributed by atoms with Crippen LogP contribution >= 0.6 is 0 Å². The first-order valence-electron chi connectivity index (χ1n) is 11.4. The molecule has 1 saturated heterocycles. The summed E-state index contributed by atoms with van der Waals surface area (Å²) in [5.74, 6) is 0.918. The molecule has 186 valence electrons. The molecule has 5 rings (SSSR count). The lowest BCUT2D eigenvalue weighted by molar-refractivity contribution is -0.333. The summed E-state index contributed by atoms with van der Waals surface area (Å²) < 4.78 is 46.5. The number of alkyl halides is 3. The molecule has 2 N–H and O–H groups in total. The minimum Gasteiger partial charge on any atom is -0.367 e. The lowest BCUT2D eigenvalue weighted by atomic mass is 9.87. The summed E-state index contributed by atoms with van der Waals surface area (Å²) in [4.78, 5) is 24.9. The number of halogens is 3. The van der Waals surface area contributed by atoms with Crippen LogP contribution in [0.1, 0.15) is 36.8 Å². The highest BCUT2D eigenvalue weighted by atomic mass is 19.4. The van der Waals surface area contributed by atoms with E-state index in [1.165, 1.54) is 23.0 Å². The third-order valence-electron chi connectivity index (χ3n) is 6.59. The van der Waals surface area contributed by atoms with Crippen LogP contribution in [0.15, 0.2) is 53.8 Å². The monoisotopic (exact) mass is 497 g/mol. The van der Waals surface area contributed by atoms with Crippen molar-refractivity contribution in [3.8, 4) is 11.8 Å². The minimum atomic E-state index is -4.52.